The predicted octanol–water partition coefficient (Wildman–Crippen LogP) is 2.61. The molecule has 0 bridgehead atoms. The van der Waals surface area contributed by atoms with Crippen LogP contribution in [0.1, 0.15) is 24.6 Å². The first kappa shape index (κ1) is 16.7. The lowest BCUT2D eigenvalue weighted by Crippen LogP contribution is -2.34. The van der Waals surface area contributed by atoms with Gasteiger partial charge >= 0.3 is 0 Å². The topological polar surface area (TPSA) is 77.2 Å². The van der Waals surface area contributed by atoms with Gasteiger partial charge in [-0.05, 0) is 31.9 Å². The second-order valence-corrected chi connectivity index (χ2v) is 5.68. The van der Waals surface area contributed by atoms with E-state index in [0.29, 0.717) is 5.56 Å². The zero-order valence-electron chi connectivity index (χ0n) is 13.4. The van der Waals surface area contributed by atoms with Crippen molar-refractivity contribution in [3.8, 4) is 0 Å². The lowest BCUT2D eigenvalue weighted by molar-refractivity contribution is -0.385. The van der Waals surface area contributed by atoms with Crippen LogP contribution in [0.15, 0.2) is 42.6 Å². The van der Waals surface area contributed by atoms with Gasteiger partial charge in [0.05, 0.1) is 11.3 Å². The molecule has 0 aliphatic carbocycles. The molecule has 23 heavy (non-hydrogen) atoms. The molecule has 0 unspecified atom stereocenters. The van der Waals surface area contributed by atoms with E-state index in [1.54, 1.807) is 18.2 Å². The maximum absolute atomic E-state index is 12.1. The van der Waals surface area contributed by atoms with Crippen LogP contribution in [0.4, 0.5) is 5.69 Å². The summed E-state index contributed by atoms with van der Waals surface area (Å²) in [6, 6.07) is 10.4. The summed E-state index contributed by atoms with van der Waals surface area (Å²) < 4.78 is 2.06. The number of carbonyl (C=O) groups excluding carboxylic acids is 1. The maximum atomic E-state index is 12.1. The van der Waals surface area contributed by atoms with E-state index in [4.69, 9.17) is 0 Å². The van der Waals surface area contributed by atoms with Gasteiger partial charge in [0.1, 0.15) is 0 Å². The van der Waals surface area contributed by atoms with Crippen molar-refractivity contribution in [2.24, 2.45) is 7.05 Å². The number of aromatic nitrogens is 1. The molecule has 1 amide bonds. The molecule has 122 valence electrons. The number of aryl methyl sites for hydroxylation is 2. The van der Waals surface area contributed by atoms with Crippen molar-refractivity contribution < 1.29 is 9.72 Å². The van der Waals surface area contributed by atoms with Gasteiger partial charge < -0.3 is 9.88 Å². The summed E-state index contributed by atoms with van der Waals surface area (Å²) in [7, 11) is 1.99. The van der Waals surface area contributed by atoms with Crippen LogP contribution in [-0.4, -0.2) is 21.4 Å². The van der Waals surface area contributed by atoms with Gasteiger partial charge in [-0.1, -0.05) is 18.2 Å². The molecule has 6 heteroatoms. The summed E-state index contributed by atoms with van der Waals surface area (Å²) in [5, 5.41) is 13.9. The SMILES string of the molecule is C[C@@H](CCc1cccn1C)NC(=O)Cc1ccccc1[N+](=O)[O-]. The molecule has 1 aromatic heterocycles. The number of benzene rings is 1. The Kier molecular flexibility index (Phi) is 5.51. The van der Waals surface area contributed by atoms with Crippen molar-refractivity contribution in [3.05, 3.63) is 64.0 Å². The van der Waals surface area contributed by atoms with Crippen molar-refractivity contribution >= 4 is 11.6 Å². The maximum Gasteiger partial charge on any atom is 0.273 e. The summed E-state index contributed by atoms with van der Waals surface area (Å²) in [6.07, 6.45) is 3.70. The fourth-order valence-corrected chi connectivity index (χ4v) is 2.53. The normalized spacial score (nSPS) is 11.9. The summed E-state index contributed by atoms with van der Waals surface area (Å²) in [6.45, 7) is 1.94. The molecular weight excluding hydrogens is 294 g/mol. The number of para-hydroxylation sites is 1. The van der Waals surface area contributed by atoms with Gasteiger partial charge in [0.25, 0.3) is 5.69 Å². The van der Waals surface area contributed by atoms with Crippen molar-refractivity contribution in [3.63, 3.8) is 0 Å². The molecule has 1 N–H and O–H groups in total. The van der Waals surface area contributed by atoms with E-state index in [2.05, 4.69) is 16.0 Å². The molecule has 1 aromatic carbocycles. The minimum atomic E-state index is -0.457. The number of rotatable bonds is 7. The van der Waals surface area contributed by atoms with Crippen LogP contribution < -0.4 is 5.32 Å². The van der Waals surface area contributed by atoms with Gasteiger partial charge in [-0.3, -0.25) is 14.9 Å². The fourth-order valence-electron chi connectivity index (χ4n) is 2.53. The Morgan fingerprint density at radius 3 is 2.70 bits per heavy atom. The quantitative estimate of drug-likeness (QED) is 0.630. The molecular formula is C17H21N3O3. The Bertz CT molecular complexity index is 694. The standard InChI is InChI=1S/C17H21N3O3/c1-13(9-10-15-7-5-11-19(15)2)18-17(21)12-14-6-3-4-8-16(14)20(22)23/h3-8,11,13H,9-10,12H2,1-2H3,(H,18,21)/t13-/m0/s1. The van der Waals surface area contributed by atoms with Gasteiger partial charge in [0, 0.05) is 36.6 Å². The highest BCUT2D eigenvalue weighted by atomic mass is 16.6. The van der Waals surface area contributed by atoms with Gasteiger partial charge in [-0.15, -0.1) is 0 Å². The van der Waals surface area contributed by atoms with Crippen LogP contribution in [0.3, 0.4) is 0 Å². The van der Waals surface area contributed by atoms with Gasteiger partial charge in [-0.25, -0.2) is 0 Å². The highest BCUT2D eigenvalue weighted by Gasteiger charge is 2.16. The van der Waals surface area contributed by atoms with Crippen LogP contribution in [0.2, 0.25) is 0 Å². The predicted molar refractivity (Wildman–Crippen MR) is 88.1 cm³/mol. The highest BCUT2D eigenvalue weighted by Crippen LogP contribution is 2.18. The molecule has 1 atom stereocenters. The number of nitro groups is 1. The highest BCUT2D eigenvalue weighted by molar-refractivity contribution is 5.80. The largest absolute Gasteiger partial charge is 0.354 e. The molecule has 2 rings (SSSR count). The Morgan fingerprint density at radius 1 is 1.30 bits per heavy atom. The summed E-state index contributed by atoms with van der Waals surface area (Å²) in [5.74, 6) is -0.196. The molecule has 0 fully saturated rings. The van der Waals surface area contributed by atoms with Crippen LogP contribution in [-0.2, 0) is 24.7 Å². The molecule has 0 saturated carbocycles. The molecule has 6 nitrogen and oxygen atoms in total. The molecule has 2 aromatic rings. The Balaban J connectivity index is 1.87. The van der Waals surface area contributed by atoms with E-state index >= 15 is 0 Å². The number of nitro benzene ring substituents is 1. The number of hydrogen-bond donors (Lipinski definition) is 1. The molecule has 0 saturated heterocycles. The van der Waals surface area contributed by atoms with Crippen LogP contribution in [0, 0.1) is 10.1 Å². The van der Waals surface area contributed by atoms with E-state index < -0.39 is 4.92 Å². The average Bonchev–Trinajstić information content (AvgIpc) is 2.90. The monoisotopic (exact) mass is 315 g/mol. The van der Waals surface area contributed by atoms with Crippen LogP contribution in [0.5, 0.6) is 0 Å². The number of carbonyl (C=O) groups is 1. The van der Waals surface area contributed by atoms with Crippen molar-refractivity contribution in [1.82, 2.24) is 9.88 Å². The van der Waals surface area contributed by atoms with E-state index in [1.807, 2.05) is 26.2 Å². The summed E-state index contributed by atoms with van der Waals surface area (Å²) in [4.78, 5) is 22.6. The zero-order valence-corrected chi connectivity index (χ0v) is 13.4. The molecule has 0 radical (unpaired) electrons. The summed E-state index contributed by atoms with van der Waals surface area (Å²) in [5.41, 5.74) is 1.63. The smallest absolute Gasteiger partial charge is 0.273 e. The number of hydrogen-bond acceptors (Lipinski definition) is 3. The summed E-state index contributed by atoms with van der Waals surface area (Å²) >= 11 is 0. The van der Waals surface area contributed by atoms with Gasteiger partial charge in [-0.2, -0.15) is 0 Å². The number of nitrogens with zero attached hydrogens (tertiary/aromatic N) is 2. The Labute approximate surface area is 135 Å². The number of nitrogens with one attached hydrogen (secondary N) is 1. The van der Waals surface area contributed by atoms with Crippen LogP contribution >= 0.6 is 0 Å². The van der Waals surface area contributed by atoms with E-state index in [9.17, 15) is 14.9 Å². The second kappa shape index (κ2) is 7.58. The van der Waals surface area contributed by atoms with E-state index in [-0.39, 0.29) is 24.1 Å². The van der Waals surface area contributed by atoms with Gasteiger partial charge in [0.15, 0.2) is 0 Å². The van der Waals surface area contributed by atoms with E-state index in [1.165, 1.54) is 11.8 Å². The first-order chi connectivity index (χ1) is 11.0. The lowest BCUT2D eigenvalue weighted by Gasteiger charge is -2.14. The van der Waals surface area contributed by atoms with Gasteiger partial charge in [0.2, 0.25) is 5.91 Å². The third kappa shape index (κ3) is 4.67. The van der Waals surface area contributed by atoms with E-state index in [0.717, 1.165) is 12.8 Å². The molecule has 0 spiro atoms. The first-order valence-electron chi connectivity index (χ1n) is 7.59. The second-order valence-electron chi connectivity index (χ2n) is 5.68. The molecule has 0 aliphatic rings. The first-order valence-corrected chi connectivity index (χ1v) is 7.59. The van der Waals surface area contributed by atoms with Crippen molar-refractivity contribution in [2.45, 2.75) is 32.2 Å². The lowest BCUT2D eigenvalue weighted by atomic mass is 10.1. The third-order valence-corrected chi connectivity index (χ3v) is 3.83. The fraction of sp³-hybridized carbons (Fsp3) is 0.353. The average molecular weight is 315 g/mol. The minimum Gasteiger partial charge on any atom is -0.354 e. The zero-order chi connectivity index (χ0) is 16.8. The van der Waals surface area contributed by atoms with Crippen molar-refractivity contribution in [2.75, 3.05) is 0 Å². The third-order valence-electron chi connectivity index (χ3n) is 3.83. The molecule has 0 aliphatic heterocycles. The number of amides is 1. The molecule has 1 heterocycles. The Morgan fingerprint density at radius 2 is 2.04 bits per heavy atom. The Hall–Kier alpha value is -2.63. The minimum absolute atomic E-state index is 0.0140. The van der Waals surface area contributed by atoms with Crippen LogP contribution in [0.25, 0.3) is 0 Å². The van der Waals surface area contributed by atoms with Crippen molar-refractivity contribution in [1.29, 1.82) is 0 Å².